The SMILES string of the molecule is C=C(C)C(=O)Oc1ccc(-c2ccc(-c3ccc(OC(=O)C(=C)COC)cc3C3CCC(CCCCCC)CC3)cc2)cc1. The maximum atomic E-state index is 12.6. The van der Waals surface area contributed by atoms with Gasteiger partial charge in [-0.15, -0.1) is 0 Å². The molecule has 0 heterocycles. The van der Waals surface area contributed by atoms with E-state index in [-0.39, 0.29) is 6.61 Å². The molecule has 0 unspecified atom stereocenters. The molecule has 0 spiro atoms. The largest absolute Gasteiger partial charge is 0.423 e. The number of benzene rings is 3. The first-order valence-corrected chi connectivity index (χ1v) is 15.9. The summed E-state index contributed by atoms with van der Waals surface area (Å²) in [6.07, 6.45) is 11.4. The molecule has 3 aromatic rings. The van der Waals surface area contributed by atoms with Gasteiger partial charge in [0.05, 0.1) is 12.2 Å². The van der Waals surface area contributed by atoms with Crippen LogP contribution in [0.25, 0.3) is 22.3 Å². The molecule has 44 heavy (non-hydrogen) atoms. The van der Waals surface area contributed by atoms with Gasteiger partial charge in [0.2, 0.25) is 0 Å². The Kier molecular flexibility index (Phi) is 12.1. The molecule has 1 saturated carbocycles. The zero-order valence-electron chi connectivity index (χ0n) is 26.5. The third-order valence-electron chi connectivity index (χ3n) is 8.54. The molecule has 0 aromatic heterocycles. The molecule has 0 atom stereocenters. The van der Waals surface area contributed by atoms with Crippen molar-refractivity contribution >= 4 is 11.9 Å². The molecule has 0 radical (unpaired) electrons. The van der Waals surface area contributed by atoms with Crippen LogP contribution in [0, 0.1) is 5.92 Å². The van der Waals surface area contributed by atoms with Gasteiger partial charge in [-0.2, -0.15) is 0 Å². The Bertz CT molecular complexity index is 1430. The number of esters is 2. The van der Waals surface area contributed by atoms with Gasteiger partial charge in [0, 0.05) is 12.7 Å². The number of hydrogen-bond donors (Lipinski definition) is 0. The van der Waals surface area contributed by atoms with Gasteiger partial charge in [-0.3, -0.25) is 0 Å². The normalized spacial score (nSPS) is 16.2. The average Bonchev–Trinajstić information content (AvgIpc) is 3.04. The fourth-order valence-electron chi connectivity index (χ4n) is 5.99. The van der Waals surface area contributed by atoms with Crippen LogP contribution >= 0.6 is 0 Å². The Morgan fingerprint density at radius 1 is 0.750 bits per heavy atom. The molecule has 1 aliphatic carbocycles. The van der Waals surface area contributed by atoms with Crippen LogP contribution in [0.1, 0.15) is 83.1 Å². The number of hydrogen-bond acceptors (Lipinski definition) is 5. The molecule has 232 valence electrons. The van der Waals surface area contributed by atoms with Crippen molar-refractivity contribution in [3.8, 4) is 33.8 Å². The maximum Gasteiger partial charge on any atom is 0.341 e. The predicted molar refractivity (Wildman–Crippen MR) is 178 cm³/mol. The van der Waals surface area contributed by atoms with E-state index in [0.29, 0.717) is 28.6 Å². The summed E-state index contributed by atoms with van der Waals surface area (Å²) in [4.78, 5) is 24.4. The summed E-state index contributed by atoms with van der Waals surface area (Å²) >= 11 is 0. The second-order valence-corrected chi connectivity index (χ2v) is 12.0. The average molecular weight is 595 g/mol. The van der Waals surface area contributed by atoms with E-state index in [2.05, 4.69) is 56.5 Å². The minimum Gasteiger partial charge on any atom is -0.423 e. The fraction of sp³-hybridized carbons (Fsp3) is 0.385. The zero-order valence-corrected chi connectivity index (χ0v) is 26.5. The summed E-state index contributed by atoms with van der Waals surface area (Å²) in [7, 11) is 1.54. The predicted octanol–water partition coefficient (Wildman–Crippen LogP) is 9.85. The van der Waals surface area contributed by atoms with E-state index in [1.54, 1.807) is 19.1 Å². The highest BCUT2D eigenvalue weighted by atomic mass is 16.5. The van der Waals surface area contributed by atoms with E-state index in [1.807, 2.05) is 18.2 Å². The highest BCUT2D eigenvalue weighted by Crippen LogP contribution is 2.43. The molecule has 0 aliphatic heterocycles. The molecular formula is C39H46O5. The third kappa shape index (κ3) is 9.03. The molecule has 1 fully saturated rings. The lowest BCUT2D eigenvalue weighted by molar-refractivity contribution is -0.131. The van der Waals surface area contributed by atoms with E-state index >= 15 is 0 Å². The molecule has 1 aliphatic rings. The number of carbonyl (C=O) groups is 2. The summed E-state index contributed by atoms with van der Waals surface area (Å²) in [6, 6.07) is 22.0. The molecule has 4 rings (SSSR count). The summed E-state index contributed by atoms with van der Waals surface area (Å²) in [6.45, 7) is 11.5. The second-order valence-electron chi connectivity index (χ2n) is 12.0. The lowest BCUT2D eigenvalue weighted by Gasteiger charge is -2.30. The smallest absolute Gasteiger partial charge is 0.341 e. The standard InChI is InChI=1S/C39H46O5/c1-6-7-8-9-10-29-11-13-33(14-12-29)37-25-35(44-39(41)28(4)26-42-5)23-24-36(37)32-17-15-30(16-18-32)31-19-21-34(22-20-31)43-38(40)27(2)3/h15-25,29,33H,2,4,6-14,26H2,1,3,5H3. The Balaban J connectivity index is 1.54. The molecule has 0 bridgehead atoms. The van der Waals surface area contributed by atoms with E-state index < -0.39 is 11.9 Å². The Morgan fingerprint density at radius 2 is 1.34 bits per heavy atom. The number of methoxy groups -OCH3 is 1. The number of ether oxygens (including phenoxy) is 3. The molecule has 0 amide bonds. The van der Waals surface area contributed by atoms with Crippen molar-refractivity contribution in [2.75, 3.05) is 13.7 Å². The molecule has 5 nitrogen and oxygen atoms in total. The number of carbonyl (C=O) groups excluding carboxylic acids is 2. The zero-order chi connectivity index (χ0) is 31.5. The van der Waals surface area contributed by atoms with Crippen LogP contribution in [0.4, 0.5) is 0 Å². The maximum absolute atomic E-state index is 12.6. The summed E-state index contributed by atoms with van der Waals surface area (Å²) < 4.78 is 16.1. The van der Waals surface area contributed by atoms with Crippen LogP contribution in [0.15, 0.2) is 91.0 Å². The van der Waals surface area contributed by atoms with Gasteiger partial charge in [0.1, 0.15) is 11.5 Å². The van der Waals surface area contributed by atoms with Crippen LogP contribution in [-0.4, -0.2) is 25.7 Å². The van der Waals surface area contributed by atoms with Crippen molar-refractivity contribution < 1.29 is 23.8 Å². The van der Waals surface area contributed by atoms with E-state index in [9.17, 15) is 9.59 Å². The van der Waals surface area contributed by atoms with Gasteiger partial charge in [-0.25, -0.2) is 9.59 Å². The van der Waals surface area contributed by atoms with Crippen molar-refractivity contribution in [1.82, 2.24) is 0 Å². The summed E-state index contributed by atoms with van der Waals surface area (Å²) in [5.74, 6) is 1.35. The Hall–Kier alpha value is -3.96. The van der Waals surface area contributed by atoms with Gasteiger partial charge in [0.25, 0.3) is 0 Å². The molecule has 0 N–H and O–H groups in total. The van der Waals surface area contributed by atoms with Crippen LogP contribution in [0.5, 0.6) is 11.5 Å². The first-order chi connectivity index (χ1) is 21.3. The highest BCUT2D eigenvalue weighted by Gasteiger charge is 2.25. The van der Waals surface area contributed by atoms with Crippen LogP contribution in [0.3, 0.4) is 0 Å². The van der Waals surface area contributed by atoms with Gasteiger partial charge in [-0.1, -0.05) is 94.7 Å². The molecule has 5 heteroatoms. The molecular weight excluding hydrogens is 548 g/mol. The monoisotopic (exact) mass is 594 g/mol. The first kappa shape index (κ1) is 32.9. The van der Waals surface area contributed by atoms with Gasteiger partial charge >= 0.3 is 11.9 Å². The van der Waals surface area contributed by atoms with Crippen LogP contribution in [0.2, 0.25) is 0 Å². The van der Waals surface area contributed by atoms with Crippen LogP contribution < -0.4 is 9.47 Å². The van der Waals surface area contributed by atoms with Gasteiger partial charge in [0.15, 0.2) is 0 Å². The van der Waals surface area contributed by atoms with E-state index in [0.717, 1.165) is 35.4 Å². The summed E-state index contributed by atoms with van der Waals surface area (Å²) in [5, 5.41) is 0. The number of unbranched alkanes of at least 4 members (excludes halogenated alkanes) is 3. The lowest BCUT2D eigenvalue weighted by Crippen LogP contribution is -2.16. The van der Waals surface area contributed by atoms with Gasteiger partial charge in [-0.05, 0) is 96.5 Å². The highest BCUT2D eigenvalue weighted by molar-refractivity contribution is 5.90. The van der Waals surface area contributed by atoms with Crippen molar-refractivity contribution in [1.29, 1.82) is 0 Å². The number of rotatable bonds is 14. The molecule has 3 aromatic carbocycles. The van der Waals surface area contributed by atoms with Crippen molar-refractivity contribution in [3.63, 3.8) is 0 Å². The van der Waals surface area contributed by atoms with Crippen molar-refractivity contribution in [3.05, 3.63) is 96.6 Å². The van der Waals surface area contributed by atoms with Crippen molar-refractivity contribution in [2.24, 2.45) is 5.92 Å². The minimum atomic E-state index is -0.467. The molecule has 0 saturated heterocycles. The Morgan fingerprint density at radius 3 is 1.95 bits per heavy atom. The fourth-order valence-corrected chi connectivity index (χ4v) is 5.99. The second kappa shape index (κ2) is 16.2. The van der Waals surface area contributed by atoms with Gasteiger partial charge < -0.3 is 14.2 Å². The van der Waals surface area contributed by atoms with E-state index in [4.69, 9.17) is 14.2 Å². The minimum absolute atomic E-state index is 0.140. The Labute approximate surface area is 262 Å². The van der Waals surface area contributed by atoms with E-state index in [1.165, 1.54) is 63.2 Å². The lowest BCUT2D eigenvalue weighted by atomic mass is 9.75. The van der Waals surface area contributed by atoms with Crippen molar-refractivity contribution in [2.45, 2.75) is 77.6 Å². The quantitative estimate of drug-likeness (QED) is 0.0804. The first-order valence-electron chi connectivity index (χ1n) is 15.9. The third-order valence-corrected chi connectivity index (χ3v) is 8.54. The summed E-state index contributed by atoms with van der Waals surface area (Å²) in [5.41, 5.74) is 6.27. The topological polar surface area (TPSA) is 61.8 Å². The van der Waals surface area contributed by atoms with Crippen LogP contribution in [-0.2, 0) is 14.3 Å².